The van der Waals surface area contributed by atoms with Gasteiger partial charge in [0.15, 0.2) is 5.96 Å². The van der Waals surface area contributed by atoms with Crippen molar-refractivity contribution in [1.29, 1.82) is 0 Å². The van der Waals surface area contributed by atoms with E-state index in [0.29, 0.717) is 6.42 Å². The number of carbonyl (C=O) groups is 2. The van der Waals surface area contributed by atoms with Crippen LogP contribution in [0.25, 0.3) is 0 Å². The summed E-state index contributed by atoms with van der Waals surface area (Å²) in [5.74, 6) is 0.981. The largest absolute Gasteiger partial charge is 0.460 e. The van der Waals surface area contributed by atoms with Crippen molar-refractivity contribution < 1.29 is 14.3 Å². The van der Waals surface area contributed by atoms with Crippen LogP contribution in [0.4, 0.5) is 0 Å². The summed E-state index contributed by atoms with van der Waals surface area (Å²) in [6, 6.07) is 0.254. The number of likely N-dealkylation sites (tertiary alicyclic amines) is 1. The molecule has 2 N–H and O–H groups in total. The maximum absolute atomic E-state index is 12.1. The van der Waals surface area contributed by atoms with E-state index in [4.69, 9.17) is 4.74 Å². The predicted molar refractivity (Wildman–Crippen MR) is 118 cm³/mol. The second-order valence-corrected chi connectivity index (χ2v) is 9.08. The molecule has 1 heterocycles. The highest BCUT2D eigenvalue weighted by atomic mass is 16.6. The Kier molecular flexibility index (Phi) is 11.1. The number of nitrogens with one attached hydrogen (secondary N) is 2. The van der Waals surface area contributed by atoms with Crippen molar-refractivity contribution in [3.05, 3.63) is 0 Å². The van der Waals surface area contributed by atoms with Crippen molar-refractivity contribution >= 4 is 17.8 Å². The van der Waals surface area contributed by atoms with E-state index >= 15 is 0 Å². The molecule has 1 saturated heterocycles. The van der Waals surface area contributed by atoms with Gasteiger partial charge in [-0.1, -0.05) is 26.7 Å². The number of amides is 1. The Labute approximate surface area is 177 Å². The number of nitrogens with zero attached hydrogens (tertiary/aromatic N) is 2. The van der Waals surface area contributed by atoms with Gasteiger partial charge in [-0.05, 0) is 47.0 Å². The van der Waals surface area contributed by atoms with Crippen LogP contribution in [-0.4, -0.2) is 60.6 Å². The van der Waals surface area contributed by atoms with Crippen LogP contribution < -0.4 is 10.6 Å². The zero-order valence-corrected chi connectivity index (χ0v) is 19.3. The third kappa shape index (κ3) is 11.1. The highest BCUT2D eigenvalue weighted by Gasteiger charge is 2.27. The Hall–Kier alpha value is -1.79. The Morgan fingerprint density at radius 1 is 1.17 bits per heavy atom. The average Bonchev–Trinajstić information content (AvgIpc) is 3.07. The lowest BCUT2D eigenvalue weighted by molar-refractivity contribution is -0.154. The van der Waals surface area contributed by atoms with Gasteiger partial charge in [-0.3, -0.25) is 14.6 Å². The highest BCUT2D eigenvalue weighted by molar-refractivity contribution is 5.81. The Bertz CT molecular complexity index is 541. The summed E-state index contributed by atoms with van der Waals surface area (Å²) in [4.78, 5) is 30.4. The molecule has 0 spiro atoms. The van der Waals surface area contributed by atoms with Crippen LogP contribution in [0.15, 0.2) is 4.99 Å². The summed E-state index contributed by atoms with van der Waals surface area (Å²) in [6.45, 7) is 14.7. The molecule has 7 heteroatoms. The molecule has 0 aromatic heterocycles. The number of rotatable bonds is 10. The van der Waals surface area contributed by atoms with Gasteiger partial charge >= 0.3 is 5.97 Å². The first-order valence-corrected chi connectivity index (χ1v) is 11.2. The minimum Gasteiger partial charge on any atom is -0.460 e. The molecule has 1 aliphatic rings. The average molecular weight is 411 g/mol. The van der Waals surface area contributed by atoms with E-state index in [1.807, 2.05) is 39.5 Å². The smallest absolute Gasteiger partial charge is 0.306 e. The molecule has 0 aromatic rings. The normalized spacial score (nSPS) is 17.6. The molecule has 0 aromatic carbocycles. The third-order valence-corrected chi connectivity index (χ3v) is 4.66. The van der Waals surface area contributed by atoms with Gasteiger partial charge in [0.2, 0.25) is 5.91 Å². The maximum Gasteiger partial charge on any atom is 0.306 e. The number of guanidine groups is 1. The Balaban J connectivity index is 2.26. The van der Waals surface area contributed by atoms with Crippen LogP contribution in [0.5, 0.6) is 0 Å². The van der Waals surface area contributed by atoms with Gasteiger partial charge in [-0.25, -0.2) is 0 Å². The summed E-state index contributed by atoms with van der Waals surface area (Å²) in [6.07, 6.45) is 5.34. The first-order chi connectivity index (χ1) is 13.6. The van der Waals surface area contributed by atoms with Gasteiger partial charge in [0.1, 0.15) is 5.60 Å². The minimum atomic E-state index is -0.403. The number of ether oxygens (including phenoxy) is 1. The van der Waals surface area contributed by atoms with E-state index in [1.54, 1.807) is 0 Å². The van der Waals surface area contributed by atoms with Gasteiger partial charge in [-0.15, -0.1) is 0 Å². The molecule has 1 rings (SSSR count). The maximum atomic E-state index is 12.1. The van der Waals surface area contributed by atoms with Crippen molar-refractivity contribution in [2.24, 2.45) is 10.9 Å². The first-order valence-electron chi connectivity index (χ1n) is 11.2. The molecule has 1 atom stereocenters. The molecule has 168 valence electrons. The molecule has 1 unspecified atom stereocenters. The predicted octanol–water partition coefficient (Wildman–Crippen LogP) is 3.09. The fourth-order valence-corrected chi connectivity index (χ4v) is 3.27. The van der Waals surface area contributed by atoms with Crippen molar-refractivity contribution in [3.63, 3.8) is 0 Å². The van der Waals surface area contributed by atoms with Gasteiger partial charge < -0.3 is 20.3 Å². The molecule has 0 saturated carbocycles. The zero-order valence-electron chi connectivity index (χ0n) is 19.3. The third-order valence-electron chi connectivity index (χ3n) is 4.66. The van der Waals surface area contributed by atoms with E-state index in [1.165, 1.54) is 0 Å². The van der Waals surface area contributed by atoms with E-state index < -0.39 is 5.60 Å². The van der Waals surface area contributed by atoms with E-state index in [2.05, 4.69) is 22.5 Å². The van der Waals surface area contributed by atoms with Crippen LogP contribution >= 0.6 is 0 Å². The molecule has 7 nitrogen and oxygen atoms in total. The monoisotopic (exact) mass is 410 g/mol. The van der Waals surface area contributed by atoms with E-state index in [-0.39, 0.29) is 23.8 Å². The second-order valence-electron chi connectivity index (χ2n) is 9.08. The molecule has 1 fully saturated rings. The number of hydrogen-bond acceptors (Lipinski definition) is 4. The topological polar surface area (TPSA) is 83.0 Å². The minimum absolute atomic E-state index is 0.0472. The SMILES string of the molecule is CCNC(=NCCCCCCC(=O)OC(C)(C)C)NC1CCN(C(=O)C(C)C)C1. The first kappa shape index (κ1) is 25.2. The van der Waals surface area contributed by atoms with Crippen molar-refractivity contribution in [2.75, 3.05) is 26.2 Å². The number of hydrogen-bond donors (Lipinski definition) is 2. The molecule has 29 heavy (non-hydrogen) atoms. The van der Waals surface area contributed by atoms with E-state index in [9.17, 15) is 9.59 Å². The molecule has 0 radical (unpaired) electrons. The Morgan fingerprint density at radius 2 is 1.86 bits per heavy atom. The molecule has 0 bridgehead atoms. The van der Waals surface area contributed by atoms with Gasteiger partial charge in [0.25, 0.3) is 0 Å². The fourth-order valence-electron chi connectivity index (χ4n) is 3.27. The van der Waals surface area contributed by atoms with Crippen LogP contribution in [-0.2, 0) is 14.3 Å². The van der Waals surface area contributed by atoms with Crippen molar-refractivity contribution in [1.82, 2.24) is 15.5 Å². The summed E-state index contributed by atoms with van der Waals surface area (Å²) < 4.78 is 5.32. The summed E-state index contributed by atoms with van der Waals surface area (Å²) >= 11 is 0. The summed E-state index contributed by atoms with van der Waals surface area (Å²) in [5, 5.41) is 6.75. The standard InChI is InChI=1S/C22H42N4O3/c1-7-23-21(25-18-13-15-26(16-18)20(28)17(2)3)24-14-11-9-8-10-12-19(27)29-22(4,5)6/h17-18H,7-16H2,1-6H3,(H2,23,24,25). The van der Waals surface area contributed by atoms with Crippen LogP contribution in [0, 0.1) is 5.92 Å². The molecule has 1 amide bonds. The molecule has 1 aliphatic heterocycles. The quantitative estimate of drug-likeness (QED) is 0.250. The van der Waals surface area contributed by atoms with Crippen molar-refractivity contribution in [2.45, 2.75) is 91.7 Å². The summed E-state index contributed by atoms with van der Waals surface area (Å²) in [7, 11) is 0. The fraction of sp³-hybridized carbons (Fsp3) is 0.864. The van der Waals surface area contributed by atoms with Gasteiger partial charge in [-0.2, -0.15) is 0 Å². The lowest BCUT2D eigenvalue weighted by Crippen LogP contribution is -2.45. The highest BCUT2D eigenvalue weighted by Crippen LogP contribution is 2.13. The lowest BCUT2D eigenvalue weighted by atomic mass is 10.1. The molecular weight excluding hydrogens is 368 g/mol. The summed E-state index contributed by atoms with van der Waals surface area (Å²) in [5.41, 5.74) is -0.403. The number of esters is 1. The number of unbranched alkanes of at least 4 members (excludes halogenated alkanes) is 3. The van der Waals surface area contributed by atoms with Crippen LogP contribution in [0.3, 0.4) is 0 Å². The molecule has 0 aliphatic carbocycles. The van der Waals surface area contributed by atoms with Crippen LogP contribution in [0.2, 0.25) is 0 Å². The van der Waals surface area contributed by atoms with Gasteiger partial charge in [0, 0.05) is 44.6 Å². The molecular formula is C22H42N4O3. The number of carbonyl (C=O) groups excluding carboxylic acids is 2. The van der Waals surface area contributed by atoms with E-state index in [0.717, 1.165) is 64.2 Å². The zero-order chi connectivity index (χ0) is 21.9. The lowest BCUT2D eigenvalue weighted by Gasteiger charge is -2.20. The second kappa shape index (κ2) is 12.7. The van der Waals surface area contributed by atoms with Crippen molar-refractivity contribution in [3.8, 4) is 0 Å². The van der Waals surface area contributed by atoms with Crippen LogP contribution in [0.1, 0.15) is 80.1 Å². The van der Waals surface area contributed by atoms with Gasteiger partial charge in [0.05, 0.1) is 0 Å². The Morgan fingerprint density at radius 3 is 2.48 bits per heavy atom. The number of aliphatic imine (C=N–C) groups is 1.